The van der Waals surface area contributed by atoms with Crippen molar-refractivity contribution in [3.63, 3.8) is 0 Å². The van der Waals surface area contributed by atoms with E-state index in [1.165, 1.54) is 146 Å². The van der Waals surface area contributed by atoms with Gasteiger partial charge in [-0.1, -0.05) is 103 Å². The number of hydrogen-bond donors (Lipinski definition) is 1. The fourth-order valence-corrected chi connectivity index (χ4v) is 23.0. The Morgan fingerprint density at radius 2 is 1.39 bits per heavy atom. The van der Waals surface area contributed by atoms with Crippen molar-refractivity contribution >= 4 is 0 Å². The molecule has 6 heteroatoms. The lowest BCUT2D eigenvalue weighted by Crippen LogP contribution is -2.61. The molecule has 11 fully saturated rings. The Kier molecular flexibility index (Phi) is 11.2. The van der Waals surface area contributed by atoms with Gasteiger partial charge >= 0.3 is 0 Å². The van der Waals surface area contributed by atoms with Crippen LogP contribution < -0.4 is 5.73 Å². The molecule has 0 amide bonds. The van der Waals surface area contributed by atoms with Crippen molar-refractivity contribution in [1.29, 1.82) is 5.26 Å². The van der Waals surface area contributed by atoms with Crippen LogP contribution in [0.25, 0.3) is 0 Å². The molecule has 3 saturated heterocycles. The van der Waals surface area contributed by atoms with Crippen LogP contribution in [0.5, 0.6) is 0 Å². The second-order valence-corrected chi connectivity index (χ2v) is 28.2. The van der Waals surface area contributed by atoms with Gasteiger partial charge in [0.2, 0.25) is 0 Å². The van der Waals surface area contributed by atoms with Gasteiger partial charge in [-0.3, -0.25) is 4.90 Å². The molecule has 8 saturated carbocycles. The van der Waals surface area contributed by atoms with Gasteiger partial charge in [-0.05, 0) is 186 Å². The third kappa shape index (κ3) is 6.61. The molecule has 24 unspecified atom stereocenters. The summed E-state index contributed by atoms with van der Waals surface area (Å²) >= 11 is 0. The summed E-state index contributed by atoms with van der Waals surface area (Å²) < 4.78 is 14.1. The van der Waals surface area contributed by atoms with Crippen molar-refractivity contribution in [1.82, 2.24) is 9.80 Å². The van der Waals surface area contributed by atoms with E-state index in [0.29, 0.717) is 83.4 Å². The normalized spacial score (nSPS) is 53.9. The summed E-state index contributed by atoms with van der Waals surface area (Å²) in [5, 5.41) is 11.4. The first-order valence-corrected chi connectivity index (χ1v) is 30.4. The zero-order valence-corrected chi connectivity index (χ0v) is 43.8. The fourth-order valence-electron chi connectivity index (χ4n) is 23.0. The minimum atomic E-state index is 0.0886. The monoisotopic (exact) mass is 937 g/mol. The third-order valence-electron chi connectivity index (χ3n) is 25.5. The highest BCUT2D eigenvalue weighted by molar-refractivity contribution is 5.45. The van der Waals surface area contributed by atoms with Crippen LogP contribution in [0.15, 0.2) is 46.8 Å². The van der Waals surface area contributed by atoms with Gasteiger partial charge < -0.3 is 20.1 Å². The van der Waals surface area contributed by atoms with E-state index in [1.807, 2.05) is 0 Å². The number of rotatable bonds is 4. The SMILES string of the molecule is C/C(=C(\N)C1CCCC2C3CCCCC3C(C)(C)C12)C1C=CC2=C(C1)N(C1CC(N3C4CCC5OC6CCCCC6C5C4C4CCCCC43C)C(C#N)CC1C)C1C=CC3OC4CCCCC4C3C21. The van der Waals surface area contributed by atoms with Crippen molar-refractivity contribution in [2.24, 2.45) is 99.9 Å². The van der Waals surface area contributed by atoms with E-state index in [0.717, 1.165) is 66.6 Å². The van der Waals surface area contributed by atoms with E-state index >= 15 is 0 Å². The second-order valence-electron chi connectivity index (χ2n) is 28.2. The maximum Gasteiger partial charge on any atom is 0.0798 e. The number of fused-ring (bicyclic) bond motifs is 16. The van der Waals surface area contributed by atoms with Crippen LogP contribution >= 0.6 is 0 Å². The summed E-state index contributed by atoms with van der Waals surface area (Å²) in [4.78, 5) is 6.28. The first kappa shape index (κ1) is 45.5. The molecule has 4 aliphatic heterocycles. The molecule has 376 valence electrons. The lowest BCUT2D eigenvalue weighted by atomic mass is 9.60. The van der Waals surface area contributed by atoms with Crippen molar-refractivity contribution in [2.75, 3.05) is 0 Å². The van der Waals surface area contributed by atoms with E-state index < -0.39 is 0 Å². The van der Waals surface area contributed by atoms with Gasteiger partial charge in [0.05, 0.1) is 42.4 Å². The zero-order chi connectivity index (χ0) is 46.7. The maximum atomic E-state index is 11.4. The number of nitriles is 1. The Hall–Kier alpha value is -2.07. The number of hydrogen-bond acceptors (Lipinski definition) is 6. The van der Waals surface area contributed by atoms with Gasteiger partial charge in [0.25, 0.3) is 0 Å². The van der Waals surface area contributed by atoms with Gasteiger partial charge in [0.15, 0.2) is 0 Å². The fraction of sp³-hybridized carbons (Fsp3) is 0.857. The van der Waals surface area contributed by atoms with E-state index in [9.17, 15) is 5.26 Å². The average molecular weight is 937 g/mol. The van der Waals surface area contributed by atoms with Crippen LogP contribution in [0.1, 0.15) is 189 Å². The molecule has 4 heterocycles. The van der Waals surface area contributed by atoms with Gasteiger partial charge in [-0.15, -0.1) is 0 Å². The molecule has 10 aliphatic carbocycles. The lowest BCUT2D eigenvalue weighted by Gasteiger charge is -2.54. The molecule has 0 aromatic carbocycles. The first-order chi connectivity index (χ1) is 33.6. The molecule has 0 bridgehead atoms. The van der Waals surface area contributed by atoms with Crippen LogP contribution in [-0.2, 0) is 9.47 Å². The quantitative estimate of drug-likeness (QED) is 0.283. The van der Waals surface area contributed by atoms with Crippen molar-refractivity contribution in [3.05, 3.63) is 46.8 Å². The highest BCUT2D eigenvalue weighted by Gasteiger charge is 2.67. The van der Waals surface area contributed by atoms with Gasteiger partial charge in [-0.2, -0.15) is 5.26 Å². The Morgan fingerprint density at radius 1 is 0.681 bits per heavy atom. The summed E-state index contributed by atoms with van der Waals surface area (Å²) in [7, 11) is 0. The number of allylic oxidation sites excluding steroid dienone is 5. The molecule has 0 radical (unpaired) electrons. The van der Waals surface area contributed by atoms with E-state index in [1.54, 1.807) is 11.3 Å². The number of ether oxygens (including phenoxy) is 2. The van der Waals surface area contributed by atoms with Crippen LogP contribution in [0.3, 0.4) is 0 Å². The summed E-state index contributed by atoms with van der Waals surface area (Å²) in [6, 6.07) is 4.79. The molecule has 14 aliphatic rings. The van der Waals surface area contributed by atoms with Gasteiger partial charge in [-0.25, -0.2) is 0 Å². The number of likely N-dealkylation sites (tertiary alicyclic amines) is 1. The molecule has 0 spiro atoms. The predicted molar refractivity (Wildman–Crippen MR) is 275 cm³/mol. The van der Waals surface area contributed by atoms with Crippen LogP contribution in [0.2, 0.25) is 0 Å². The average Bonchev–Trinajstić information content (AvgIpc) is 4.15. The molecule has 14 rings (SSSR count). The maximum absolute atomic E-state index is 11.4. The minimum absolute atomic E-state index is 0.0886. The molecule has 0 aromatic rings. The molecular weight excluding hydrogens is 845 g/mol. The van der Waals surface area contributed by atoms with Crippen molar-refractivity contribution in [3.8, 4) is 6.07 Å². The molecule has 6 nitrogen and oxygen atoms in total. The van der Waals surface area contributed by atoms with Gasteiger partial charge in [0, 0.05) is 58.7 Å². The van der Waals surface area contributed by atoms with Crippen LogP contribution in [0, 0.1) is 106 Å². The standard InChI is InChI=1S/C63H92N4O2/c1-35-31-38(34-64)50(67-48-27-29-55-58(43-17-8-11-23-53(43)69-55)59(48)46-21-12-13-30-63(46,67)5)33-49(35)66-47-26-28-54-57(42-16-7-10-22-52(42)68-54)56(47)41-25-24-37(32-51(41)66)36(2)61(65)44-19-14-18-40-39-15-6-9-20-45(39)62(3,4)60(40)44/h24-26,28,35,37-40,42-50,52-60H,6-23,27,29-33,65H2,1-5H3/b61-36+. The molecule has 69 heavy (non-hydrogen) atoms. The molecular formula is C63H92N4O2. The summed E-state index contributed by atoms with van der Waals surface area (Å²) in [5.74, 6) is 9.46. The Labute approximate surface area is 418 Å². The Balaban J connectivity index is 0.820. The zero-order valence-electron chi connectivity index (χ0n) is 43.8. The van der Waals surface area contributed by atoms with Gasteiger partial charge in [0.1, 0.15) is 0 Å². The third-order valence-corrected chi connectivity index (χ3v) is 25.5. The van der Waals surface area contributed by atoms with E-state index in [-0.39, 0.29) is 17.6 Å². The summed E-state index contributed by atoms with van der Waals surface area (Å²) in [5.41, 5.74) is 14.3. The van der Waals surface area contributed by atoms with Crippen LogP contribution in [0.4, 0.5) is 0 Å². The Bertz CT molecular complexity index is 2180. The van der Waals surface area contributed by atoms with E-state index in [4.69, 9.17) is 15.2 Å². The molecule has 2 N–H and O–H groups in total. The minimum Gasteiger partial charge on any atom is -0.402 e. The second kappa shape index (κ2) is 17.0. The highest BCUT2D eigenvalue weighted by Crippen LogP contribution is 2.67. The lowest BCUT2D eigenvalue weighted by molar-refractivity contribution is -0.0498. The first-order valence-electron chi connectivity index (χ1n) is 30.4. The summed E-state index contributed by atoms with van der Waals surface area (Å²) in [6.07, 6.45) is 43.8. The topological polar surface area (TPSA) is 74.8 Å². The predicted octanol–water partition coefficient (Wildman–Crippen LogP) is 13.3. The number of nitrogens with two attached hydrogens (primary N) is 1. The van der Waals surface area contributed by atoms with Crippen molar-refractivity contribution < 1.29 is 9.47 Å². The van der Waals surface area contributed by atoms with E-state index in [2.05, 4.69) is 74.8 Å². The smallest absolute Gasteiger partial charge is 0.0798 e. The Morgan fingerprint density at radius 3 is 2.20 bits per heavy atom. The van der Waals surface area contributed by atoms with Crippen LogP contribution in [-0.4, -0.2) is 63.9 Å². The number of nitrogens with zero attached hydrogens (tertiary/aromatic N) is 3. The van der Waals surface area contributed by atoms with Crippen molar-refractivity contribution in [2.45, 2.75) is 243 Å². The summed E-state index contributed by atoms with van der Waals surface area (Å²) in [6.45, 7) is 13.1. The highest BCUT2D eigenvalue weighted by atomic mass is 16.5. The molecule has 0 aromatic heterocycles. The largest absolute Gasteiger partial charge is 0.402 e. The molecule has 24 atom stereocenters.